The van der Waals surface area contributed by atoms with Crippen LogP contribution >= 0.6 is 0 Å². The number of carbonyl (C=O) groups is 3. The molecule has 2 saturated heterocycles. The Labute approximate surface area is 296 Å². The van der Waals surface area contributed by atoms with Gasteiger partial charge in [0.15, 0.2) is 5.60 Å². The lowest BCUT2D eigenvalue weighted by atomic mass is 9.82. The van der Waals surface area contributed by atoms with Gasteiger partial charge in [-0.15, -0.1) is 0 Å². The van der Waals surface area contributed by atoms with Gasteiger partial charge in [0.05, 0.1) is 38.0 Å². The van der Waals surface area contributed by atoms with E-state index >= 15 is 4.11 Å². The summed E-state index contributed by atoms with van der Waals surface area (Å²) in [6.45, 7) is 12.0. The Morgan fingerprint density at radius 1 is 1.14 bits per heavy atom. The summed E-state index contributed by atoms with van der Waals surface area (Å²) in [5.74, 6) is -0.782. The average Bonchev–Trinajstić information content (AvgIpc) is 3.73. The van der Waals surface area contributed by atoms with Crippen molar-refractivity contribution < 1.29 is 33.1 Å². The van der Waals surface area contributed by atoms with E-state index in [0.717, 1.165) is 24.8 Å². The van der Waals surface area contributed by atoms with Crippen LogP contribution in [0.5, 0.6) is 5.75 Å². The number of allylic oxidation sites excluding steroid dienone is 3. The summed E-state index contributed by atoms with van der Waals surface area (Å²) >= 11 is 0. The maximum Gasteiger partial charge on any atom is 0.264 e. The third-order valence-electron chi connectivity index (χ3n) is 10.6. The van der Waals surface area contributed by atoms with Crippen molar-refractivity contribution >= 4 is 37.5 Å². The first-order chi connectivity index (χ1) is 23.7. The van der Waals surface area contributed by atoms with Crippen LogP contribution in [0.4, 0.5) is 15.5 Å². The largest absolute Gasteiger partial charge is 0.497 e. The van der Waals surface area contributed by atoms with Crippen molar-refractivity contribution in [2.45, 2.75) is 96.2 Å². The van der Waals surface area contributed by atoms with Gasteiger partial charge in [0, 0.05) is 41.4 Å². The zero-order chi connectivity index (χ0) is 36.4. The zero-order valence-electron chi connectivity index (χ0n) is 30.4. The average molecular weight is 706 g/mol. The van der Waals surface area contributed by atoms with E-state index in [1.165, 1.54) is 5.57 Å². The number of ether oxygens (including phenoxy) is 2. The molecule has 0 aliphatic carbocycles. The number of anilines is 2. The predicted molar refractivity (Wildman–Crippen MR) is 197 cm³/mol. The fourth-order valence-corrected chi connectivity index (χ4v) is 10.5. The maximum atomic E-state index is 16.4. The third-order valence-corrected chi connectivity index (χ3v) is 13.0. The molecule has 3 amide bonds. The topological polar surface area (TPSA) is 108 Å². The fraction of sp³-hybridized carbons (Fsp3) is 0.513. The molecular formula is C39H52FN3O6Si. The number of hydrogen-bond donors (Lipinski definition) is 2. The number of aliphatic hydroxyl groups is 1. The van der Waals surface area contributed by atoms with E-state index in [-0.39, 0.29) is 36.8 Å². The number of carbonyl (C=O) groups excluding carboxylic acids is 3. The van der Waals surface area contributed by atoms with Gasteiger partial charge in [0.1, 0.15) is 5.75 Å². The van der Waals surface area contributed by atoms with Gasteiger partial charge in [-0.05, 0) is 102 Å². The summed E-state index contributed by atoms with van der Waals surface area (Å²) in [6, 6.07) is 11.8. The van der Waals surface area contributed by atoms with Crippen molar-refractivity contribution in [2.75, 3.05) is 37.0 Å². The normalized spacial score (nSPS) is 24.9. The van der Waals surface area contributed by atoms with Crippen LogP contribution in [0.3, 0.4) is 0 Å². The van der Waals surface area contributed by atoms with Crippen LogP contribution in [0.25, 0.3) is 0 Å². The van der Waals surface area contributed by atoms with Crippen molar-refractivity contribution in [1.29, 1.82) is 0 Å². The lowest BCUT2D eigenvalue weighted by Gasteiger charge is -2.31. The second-order valence-electron chi connectivity index (χ2n) is 14.7. The fourth-order valence-electron chi connectivity index (χ4n) is 8.03. The molecule has 3 aliphatic heterocycles. The highest BCUT2D eigenvalue weighted by Gasteiger charge is 2.67. The Hall–Kier alpha value is -3.80. The van der Waals surface area contributed by atoms with E-state index in [4.69, 9.17) is 9.47 Å². The molecule has 5 rings (SSSR count). The molecule has 50 heavy (non-hydrogen) atoms. The van der Waals surface area contributed by atoms with Crippen molar-refractivity contribution in [3.05, 3.63) is 76.9 Å². The Kier molecular flexibility index (Phi) is 11.4. The highest BCUT2D eigenvalue weighted by atomic mass is 28.4. The van der Waals surface area contributed by atoms with Crippen LogP contribution in [0.1, 0.15) is 75.7 Å². The van der Waals surface area contributed by atoms with E-state index in [1.54, 1.807) is 66.4 Å². The molecule has 270 valence electrons. The first-order valence-electron chi connectivity index (χ1n) is 17.7. The second-order valence-corrected chi connectivity index (χ2v) is 18.5. The Morgan fingerprint density at radius 2 is 1.86 bits per heavy atom. The van der Waals surface area contributed by atoms with Gasteiger partial charge in [-0.2, -0.15) is 0 Å². The number of hydrogen-bond acceptors (Lipinski definition) is 6. The smallest absolute Gasteiger partial charge is 0.264 e. The summed E-state index contributed by atoms with van der Waals surface area (Å²) < 4.78 is 28.5. The molecule has 0 unspecified atom stereocenters. The molecule has 2 fully saturated rings. The van der Waals surface area contributed by atoms with Crippen molar-refractivity contribution in [3.63, 3.8) is 0 Å². The number of likely N-dealkylation sites (tertiary alicyclic amines) is 1. The quantitative estimate of drug-likeness (QED) is 0.138. The summed E-state index contributed by atoms with van der Waals surface area (Å²) in [5.41, 5.74) is 2.30. The number of aliphatic hydroxyl groups excluding tert-OH is 1. The number of rotatable bonds is 12. The van der Waals surface area contributed by atoms with Crippen molar-refractivity contribution in [2.24, 2.45) is 5.92 Å². The second kappa shape index (κ2) is 15.2. The molecule has 2 aromatic carbocycles. The van der Waals surface area contributed by atoms with Crippen molar-refractivity contribution in [3.8, 4) is 5.75 Å². The first-order valence-corrected chi connectivity index (χ1v) is 20.6. The molecular weight excluding hydrogens is 654 g/mol. The molecule has 2 aromatic rings. The molecule has 1 spiro atoms. The third kappa shape index (κ3) is 7.45. The molecule has 3 aliphatic rings. The molecule has 11 heteroatoms. The molecule has 3 heterocycles. The molecule has 0 radical (unpaired) electrons. The number of nitrogens with one attached hydrogen (secondary N) is 1. The first kappa shape index (κ1) is 37.5. The van der Waals surface area contributed by atoms with Gasteiger partial charge in [-0.25, -0.2) is 0 Å². The molecule has 0 bridgehead atoms. The summed E-state index contributed by atoms with van der Waals surface area (Å²) in [7, 11) is -1.95. The van der Waals surface area contributed by atoms with Crippen LogP contribution in [0.2, 0.25) is 18.6 Å². The highest BCUT2D eigenvalue weighted by Crippen LogP contribution is 2.60. The zero-order valence-corrected chi connectivity index (χ0v) is 31.4. The molecule has 5 atom stereocenters. The number of fused-ring (bicyclic) bond motifs is 2. The SMILES string of the molecule is COc1ccc(C(=O)Nc2ccc3c(c2)[C@@]2(O[C@H](CC(=O)N4CCC[C@H]4CO)[C@@H]([Si](C)(C)F)[C@@H]2C)C(=O)N3C/C=C(\C)CCC=C(C)C)cc1. The van der Waals surface area contributed by atoms with Gasteiger partial charge >= 0.3 is 0 Å². The highest BCUT2D eigenvalue weighted by molar-refractivity contribution is 6.72. The predicted octanol–water partition coefficient (Wildman–Crippen LogP) is 7.14. The van der Waals surface area contributed by atoms with Gasteiger partial charge < -0.3 is 33.8 Å². The van der Waals surface area contributed by atoms with E-state index in [9.17, 15) is 19.5 Å². The van der Waals surface area contributed by atoms with Crippen LogP contribution in [0.15, 0.2) is 65.8 Å². The van der Waals surface area contributed by atoms with E-state index in [2.05, 4.69) is 32.2 Å². The monoisotopic (exact) mass is 705 g/mol. The van der Waals surface area contributed by atoms with Crippen LogP contribution in [-0.2, 0) is 19.9 Å². The minimum atomic E-state index is -3.51. The van der Waals surface area contributed by atoms with E-state index in [1.807, 2.05) is 19.1 Å². The van der Waals surface area contributed by atoms with Gasteiger partial charge in [0.2, 0.25) is 14.3 Å². The minimum Gasteiger partial charge on any atom is -0.497 e. The number of halogens is 1. The lowest BCUT2D eigenvalue weighted by Crippen LogP contribution is -2.45. The number of amides is 3. The Morgan fingerprint density at radius 3 is 2.50 bits per heavy atom. The van der Waals surface area contributed by atoms with Crippen LogP contribution in [-0.4, -0.2) is 75.1 Å². The molecule has 0 saturated carbocycles. The molecule has 0 aromatic heterocycles. The molecule has 9 nitrogen and oxygen atoms in total. The number of benzene rings is 2. The Balaban J connectivity index is 1.52. The number of nitrogens with zero attached hydrogens (tertiary/aromatic N) is 2. The van der Waals surface area contributed by atoms with Crippen LogP contribution in [0, 0.1) is 5.92 Å². The lowest BCUT2D eigenvalue weighted by molar-refractivity contribution is -0.149. The van der Waals surface area contributed by atoms with Gasteiger partial charge in [0.25, 0.3) is 11.8 Å². The molecule has 2 N–H and O–H groups in total. The Bertz CT molecular complexity index is 1650. The van der Waals surface area contributed by atoms with Crippen molar-refractivity contribution in [1.82, 2.24) is 4.90 Å². The van der Waals surface area contributed by atoms with Gasteiger partial charge in [-0.1, -0.05) is 30.2 Å². The summed E-state index contributed by atoms with van der Waals surface area (Å²) in [4.78, 5) is 45.1. The summed E-state index contributed by atoms with van der Waals surface area (Å²) in [5, 5.41) is 12.8. The van der Waals surface area contributed by atoms with Crippen LogP contribution < -0.4 is 15.0 Å². The van der Waals surface area contributed by atoms with E-state index in [0.29, 0.717) is 47.8 Å². The maximum absolute atomic E-state index is 16.4. The number of methoxy groups -OCH3 is 1. The van der Waals surface area contributed by atoms with E-state index < -0.39 is 31.6 Å². The van der Waals surface area contributed by atoms with Gasteiger partial charge in [-0.3, -0.25) is 14.4 Å². The minimum absolute atomic E-state index is 0.0759. The summed E-state index contributed by atoms with van der Waals surface area (Å²) in [6.07, 6.45) is 6.59. The standard InChI is InChI=1S/C39H52FN3O6Si/c1-25(2)10-8-11-26(3)19-21-43-33-18-15-29(41-37(46)28-13-16-31(48-5)17-14-28)22-32(33)39(38(43)47)27(4)36(50(6,7)40)34(49-39)23-35(45)42-20-9-12-30(42)24-44/h10,13-19,22,27,30,34,36,44H,8-9,11-12,20-21,23-24H2,1-7H3,(H,41,46)/b26-19+/t27-,30-,34+,36-,39+/m0/s1.